The number of halogens is 1. The largest absolute Gasteiger partial charge is 0.325 e. The van der Waals surface area contributed by atoms with Crippen LogP contribution >= 0.6 is 11.6 Å². The van der Waals surface area contributed by atoms with E-state index < -0.39 is 0 Å². The van der Waals surface area contributed by atoms with Gasteiger partial charge in [-0.3, -0.25) is 4.98 Å². The average Bonchev–Trinajstić information content (AvgIpc) is 2.47. The highest BCUT2D eigenvalue weighted by Crippen LogP contribution is 2.35. The van der Waals surface area contributed by atoms with Crippen molar-refractivity contribution in [3.8, 4) is 11.1 Å². The molecule has 0 fully saturated rings. The summed E-state index contributed by atoms with van der Waals surface area (Å²) in [5.74, 6) is 0. The van der Waals surface area contributed by atoms with Crippen LogP contribution in [0.5, 0.6) is 0 Å². The lowest BCUT2D eigenvalue weighted by Crippen LogP contribution is -2.01. The first-order chi connectivity index (χ1) is 9.72. The molecule has 2 nitrogen and oxygen atoms in total. The molecule has 0 aliphatic heterocycles. The first-order valence-corrected chi connectivity index (χ1v) is 6.92. The molecule has 3 rings (SSSR count). The van der Waals surface area contributed by atoms with Crippen LogP contribution in [-0.2, 0) is 6.54 Å². The maximum absolute atomic E-state index is 6.33. The highest BCUT2D eigenvalue weighted by atomic mass is 35.5. The molecule has 0 atom stereocenters. The smallest absolute Gasteiger partial charge is 0.0618 e. The third-order valence-corrected chi connectivity index (χ3v) is 3.89. The van der Waals surface area contributed by atoms with Gasteiger partial charge in [0.15, 0.2) is 0 Å². The second-order valence-electron chi connectivity index (χ2n) is 4.80. The Morgan fingerprint density at radius 3 is 2.60 bits per heavy atom. The van der Waals surface area contributed by atoms with Gasteiger partial charge < -0.3 is 5.73 Å². The summed E-state index contributed by atoms with van der Waals surface area (Å²) in [6.07, 6.45) is 1.87. The molecule has 1 heterocycles. The Morgan fingerprint density at radius 2 is 1.85 bits per heavy atom. The zero-order valence-electron chi connectivity index (χ0n) is 11.2. The van der Waals surface area contributed by atoms with E-state index in [0.29, 0.717) is 6.54 Å². The maximum atomic E-state index is 6.33. The van der Waals surface area contributed by atoms with Crippen LogP contribution in [0.15, 0.2) is 48.7 Å². The van der Waals surface area contributed by atoms with Crippen LogP contribution in [0.1, 0.15) is 11.3 Å². The molecule has 2 aromatic carbocycles. The van der Waals surface area contributed by atoms with Gasteiger partial charge in [0.25, 0.3) is 0 Å². The van der Waals surface area contributed by atoms with Gasteiger partial charge in [-0.05, 0) is 23.9 Å². The molecule has 0 aliphatic carbocycles. The average molecular weight is 283 g/mol. The first-order valence-electron chi connectivity index (χ1n) is 6.54. The minimum Gasteiger partial charge on any atom is -0.325 e. The Hall–Kier alpha value is -1.90. The fourth-order valence-corrected chi connectivity index (χ4v) is 2.83. The van der Waals surface area contributed by atoms with E-state index in [4.69, 9.17) is 17.3 Å². The van der Waals surface area contributed by atoms with Gasteiger partial charge in [0.2, 0.25) is 0 Å². The van der Waals surface area contributed by atoms with Crippen LogP contribution < -0.4 is 5.73 Å². The summed E-state index contributed by atoms with van der Waals surface area (Å²) in [4.78, 5) is 4.50. The lowest BCUT2D eigenvalue weighted by atomic mass is 9.96. The van der Waals surface area contributed by atoms with Crippen LogP contribution in [0.4, 0.5) is 0 Å². The lowest BCUT2D eigenvalue weighted by Gasteiger charge is -2.13. The number of aromatic nitrogens is 1. The molecule has 0 saturated heterocycles. The molecule has 0 amide bonds. The van der Waals surface area contributed by atoms with Gasteiger partial charge in [0.05, 0.1) is 5.69 Å². The van der Waals surface area contributed by atoms with Gasteiger partial charge >= 0.3 is 0 Å². The number of fused-ring (bicyclic) bond motifs is 1. The minimum atomic E-state index is 0.433. The second-order valence-corrected chi connectivity index (χ2v) is 5.21. The Labute approximate surface area is 123 Å². The van der Waals surface area contributed by atoms with E-state index in [0.717, 1.165) is 27.2 Å². The van der Waals surface area contributed by atoms with E-state index in [9.17, 15) is 0 Å². The van der Waals surface area contributed by atoms with Crippen LogP contribution in [-0.4, -0.2) is 4.98 Å². The molecule has 0 spiro atoms. The van der Waals surface area contributed by atoms with Gasteiger partial charge in [-0.25, -0.2) is 0 Å². The van der Waals surface area contributed by atoms with Crippen LogP contribution in [0.3, 0.4) is 0 Å². The Bertz CT molecular complexity index is 781. The van der Waals surface area contributed by atoms with Gasteiger partial charge in [0.1, 0.15) is 0 Å². The molecule has 0 bridgehead atoms. The third-order valence-electron chi connectivity index (χ3n) is 3.56. The summed E-state index contributed by atoms with van der Waals surface area (Å²) in [7, 11) is 0. The predicted molar refractivity (Wildman–Crippen MR) is 84.8 cm³/mol. The predicted octanol–water partition coefficient (Wildman–Crippen LogP) is 4.32. The van der Waals surface area contributed by atoms with E-state index in [1.807, 2.05) is 36.5 Å². The van der Waals surface area contributed by atoms with Crippen molar-refractivity contribution in [2.75, 3.05) is 0 Å². The molecule has 2 N–H and O–H groups in total. The first kappa shape index (κ1) is 13.1. The minimum absolute atomic E-state index is 0.433. The molecule has 3 aromatic rings. The summed E-state index contributed by atoms with van der Waals surface area (Å²) < 4.78 is 0. The molecular formula is C17H15ClN2. The highest BCUT2D eigenvalue weighted by Gasteiger charge is 2.12. The normalized spacial score (nSPS) is 10.9. The molecule has 1 aromatic heterocycles. The number of hydrogen-bond acceptors (Lipinski definition) is 2. The van der Waals surface area contributed by atoms with Gasteiger partial charge in [0, 0.05) is 34.3 Å². The zero-order chi connectivity index (χ0) is 14.1. The van der Waals surface area contributed by atoms with Crippen molar-refractivity contribution < 1.29 is 0 Å². The number of pyridine rings is 1. The molecule has 0 radical (unpaired) electrons. The fourth-order valence-electron chi connectivity index (χ4n) is 2.59. The number of hydrogen-bond donors (Lipinski definition) is 1. The van der Waals surface area contributed by atoms with Crippen LogP contribution in [0.25, 0.3) is 21.9 Å². The van der Waals surface area contributed by atoms with Gasteiger partial charge in [-0.1, -0.05) is 48.0 Å². The van der Waals surface area contributed by atoms with Crippen molar-refractivity contribution in [1.82, 2.24) is 4.98 Å². The van der Waals surface area contributed by atoms with Crippen molar-refractivity contribution in [2.45, 2.75) is 13.5 Å². The van der Waals surface area contributed by atoms with E-state index >= 15 is 0 Å². The van der Waals surface area contributed by atoms with Gasteiger partial charge in [-0.15, -0.1) is 0 Å². The second kappa shape index (κ2) is 5.23. The van der Waals surface area contributed by atoms with Crippen molar-refractivity contribution in [2.24, 2.45) is 5.73 Å². The Morgan fingerprint density at radius 1 is 1.05 bits per heavy atom. The van der Waals surface area contributed by atoms with E-state index in [1.165, 1.54) is 10.9 Å². The molecule has 0 aliphatic rings. The summed E-state index contributed by atoms with van der Waals surface area (Å²) in [5, 5.41) is 3.01. The number of aryl methyl sites for hydroxylation is 1. The highest BCUT2D eigenvalue weighted by molar-refractivity contribution is 6.33. The summed E-state index contributed by atoms with van der Waals surface area (Å²) in [5.41, 5.74) is 9.98. The van der Waals surface area contributed by atoms with Crippen molar-refractivity contribution in [3.63, 3.8) is 0 Å². The monoisotopic (exact) mass is 282 g/mol. The summed E-state index contributed by atoms with van der Waals surface area (Å²) >= 11 is 6.33. The van der Waals surface area contributed by atoms with Crippen LogP contribution in [0, 0.1) is 6.92 Å². The SMILES string of the molecule is Cc1cccc2c(CN)ncc(-c3ccccc3Cl)c12. The van der Waals surface area contributed by atoms with Crippen molar-refractivity contribution in [3.05, 3.63) is 64.9 Å². The lowest BCUT2D eigenvalue weighted by molar-refractivity contribution is 1.01. The maximum Gasteiger partial charge on any atom is 0.0618 e. The molecule has 0 saturated carbocycles. The van der Waals surface area contributed by atoms with Crippen LogP contribution in [0.2, 0.25) is 5.02 Å². The van der Waals surface area contributed by atoms with E-state index in [1.54, 1.807) is 0 Å². The molecule has 0 unspecified atom stereocenters. The number of rotatable bonds is 2. The molecule has 100 valence electrons. The fraction of sp³-hybridized carbons (Fsp3) is 0.118. The van der Waals surface area contributed by atoms with Crippen molar-refractivity contribution in [1.29, 1.82) is 0 Å². The standard InChI is InChI=1S/C17H15ClN2/c1-11-5-4-7-13-16(9-19)20-10-14(17(11)13)12-6-2-3-8-15(12)18/h2-8,10H,9,19H2,1H3. The number of nitrogens with zero attached hydrogens (tertiary/aromatic N) is 1. The zero-order valence-corrected chi connectivity index (χ0v) is 12.0. The van der Waals surface area contributed by atoms with Crippen molar-refractivity contribution >= 4 is 22.4 Å². The molecule has 3 heteroatoms. The molecule has 20 heavy (non-hydrogen) atoms. The Balaban J connectivity index is 2.41. The topological polar surface area (TPSA) is 38.9 Å². The number of nitrogens with two attached hydrogens (primary N) is 1. The Kier molecular flexibility index (Phi) is 3.43. The third kappa shape index (κ3) is 2.07. The van der Waals surface area contributed by atoms with Gasteiger partial charge in [-0.2, -0.15) is 0 Å². The summed E-state index contributed by atoms with van der Waals surface area (Å²) in [6, 6.07) is 14.0. The van der Waals surface area contributed by atoms with E-state index in [-0.39, 0.29) is 0 Å². The number of benzene rings is 2. The van der Waals surface area contributed by atoms with E-state index in [2.05, 4.69) is 24.0 Å². The summed E-state index contributed by atoms with van der Waals surface area (Å²) in [6.45, 7) is 2.53. The quantitative estimate of drug-likeness (QED) is 0.760. The molecular weight excluding hydrogens is 268 g/mol.